The van der Waals surface area contributed by atoms with Gasteiger partial charge in [-0.25, -0.2) is 8.78 Å². The van der Waals surface area contributed by atoms with Crippen molar-refractivity contribution < 1.29 is 28.0 Å². The van der Waals surface area contributed by atoms with Crippen LogP contribution in [0.25, 0.3) is 0 Å². The van der Waals surface area contributed by atoms with Gasteiger partial charge in [-0.2, -0.15) is 4.98 Å². The van der Waals surface area contributed by atoms with E-state index in [9.17, 15) is 23.5 Å². The molecule has 1 amide bonds. The first-order valence-corrected chi connectivity index (χ1v) is 9.20. The average molecular weight is 391 g/mol. The summed E-state index contributed by atoms with van der Waals surface area (Å²) >= 11 is 0. The zero-order valence-corrected chi connectivity index (χ0v) is 15.0. The molecule has 1 aliphatic heterocycles. The number of carboxylic acid groups (broad SMARTS) is 1. The second kappa shape index (κ2) is 7.29. The second-order valence-electron chi connectivity index (χ2n) is 7.34. The molecule has 2 heterocycles. The maximum absolute atomic E-state index is 14.1. The van der Waals surface area contributed by atoms with Gasteiger partial charge in [-0.15, -0.1) is 0 Å². The summed E-state index contributed by atoms with van der Waals surface area (Å²) in [5, 5.41) is 13.4. The van der Waals surface area contributed by atoms with Gasteiger partial charge in [-0.05, 0) is 24.5 Å². The Morgan fingerprint density at radius 1 is 1.25 bits per heavy atom. The molecule has 0 spiro atoms. The van der Waals surface area contributed by atoms with Crippen LogP contribution in [0, 0.1) is 17.6 Å². The molecule has 2 aromatic rings. The lowest BCUT2D eigenvalue weighted by atomic mass is 9.88. The normalized spacial score (nSPS) is 21.9. The molecule has 0 unspecified atom stereocenters. The fraction of sp³-hybridized carbons (Fsp3) is 0.474. The summed E-state index contributed by atoms with van der Waals surface area (Å²) in [6, 6.07) is 3.07. The first-order valence-electron chi connectivity index (χ1n) is 9.20. The van der Waals surface area contributed by atoms with E-state index in [-0.39, 0.29) is 37.4 Å². The molecular formula is C19H19F2N3O4. The smallest absolute Gasteiger partial charge is 0.308 e. The molecule has 28 heavy (non-hydrogen) atoms. The summed E-state index contributed by atoms with van der Waals surface area (Å²) in [4.78, 5) is 29.8. The number of aromatic nitrogens is 2. The van der Waals surface area contributed by atoms with E-state index in [1.165, 1.54) is 11.0 Å². The topological polar surface area (TPSA) is 96.5 Å². The van der Waals surface area contributed by atoms with Crippen LogP contribution in [0.5, 0.6) is 0 Å². The number of halogens is 2. The van der Waals surface area contributed by atoms with E-state index < -0.39 is 29.4 Å². The minimum Gasteiger partial charge on any atom is -0.481 e. The summed E-state index contributed by atoms with van der Waals surface area (Å²) in [6.07, 6.45) is 2.45. The van der Waals surface area contributed by atoms with Gasteiger partial charge in [0.1, 0.15) is 11.6 Å². The molecule has 1 aromatic heterocycles. The first-order chi connectivity index (χ1) is 13.4. The molecule has 1 aromatic carbocycles. The fourth-order valence-corrected chi connectivity index (χ4v) is 3.62. The predicted molar refractivity (Wildman–Crippen MR) is 91.4 cm³/mol. The van der Waals surface area contributed by atoms with Crippen molar-refractivity contribution in [3.8, 4) is 0 Å². The SMILES string of the molecule is O=C(O)[C@H]1CN(C(=O)CCc2nc(C3CC3)no2)C[C@@H]1c1ccc(F)cc1F. The van der Waals surface area contributed by atoms with E-state index in [0.29, 0.717) is 17.6 Å². The molecule has 1 saturated carbocycles. The van der Waals surface area contributed by atoms with Crippen LogP contribution in [0.2, 0.25) is 0 Å². The van der Waals surface area contributed by atoms with Gasteiger partial charge in [0, 0.05) is 43.8 Å². The van der Waals surface area contributed by atoms with Crippen molar-refractivity contribution in [3.63, 3.8) is 0 Å². The van der Waals surface area contributed by atoms with E-state index >= 15 is 0 Å². The Bertz CT molecular complexity index is 912. The zero-order chi connectivity index (χ0) is 19.8. The Labute approximate surface area is 159 Å². The summed E-state index contributed by atoms with van der Waals surface area (Å²) < 4.78 is 32.5. The number of rotatable bonds is 6. The maximum Gasteiger partial charge on any atom is 0.308 e. The fourth-order valence-electron chi connectivity index (χ4n) is 3.62. The molecule has 0 bridgehead atoms. The van der Waals surface area contributed by atoms with Crippen molar-refractivity contribution in [1.82, 2.24) is 15.0 Å². The maximum atomic E-state index is 14.1. The van der Waals surface area contributed by atoms with Crippen molar-refractivity contribution in [2.75, 3.05) is 13.1 Å². The Hall–Kier alpha value is -2.84. The lowest BCUT2D eigenvalue weighted by Crippen LogP contribution is -2.30. The van der Waals surface area contributed by atoms with E-state index in [1.54, 1.807) is 0 Å². The monoisotopic (exact) mass is 391 g/mol. The molecule has 148 valence electrons. The van der Waals surface area contributed by atoms with Crippen LogP contribution >= 0.6 is 0 Å². The third kappa shape index (κ3) is 3.74. The number of carboxylic acids is 1. The van der Waals surface area contributed by atoms with Crippen molar-refractivity contribution in [1.29, 1.82) is 0 Å². The molecule has 7 nitrogen and oxygen atoms in total. The molecule has 1 saturated heterocycles. The van der Waals surface area contributed by atoms with Crippen LogP contribution in [-0.4, -0.2) is 45.1 Å². The lowest BCUT2D eigenvalue weighted by Gasteiger charge is -2.16. The highest BCUT2D eigenvalue weighted by Gasteiger charge is 2.41. The number of carbonyl (C=O) groups excluding carboxylic acids is 1. The van der Waals surface area contributed by atoms with Crippen molar-refractivity contribution in [2.45, 2.75) is 37.5 Å². The number of aryl methyl sites for hydroxylation is 1. The number of nitrogens with zero attached hydrogens (tertiary/aromatic N) is 3. The van der Waals surface area contributed by atoms with Crippen LogP contribution in [0.15, 0.2) is 22.7 Å². The lowest BCUT2D eigenvalue weighted by molar-refractivity contribution is -0.141. The molecule has 2 atom stereocenters. The third-order valence-electron chi connectivity index (χ3n) is 5.33. The van der Waals surface area contributed by atoms with Gasteiger partial charge in [0.25, 0.3) is 0 Å². The third-order valence-corrected chi connectivity index (χ3v) is 5.33. The van der Waals surface area contributed by atoms with Gasteiger partial charge < -0.3 is 14.5 Å². The molecule has 2 aliphatic rings. The summed E-state index contributed by atoms with van der Waals surface area (Å²) in [7, 11) is 0. The van der Waals surface area contributed by atoms with Crippen LogP contribution < -0.4 is 0 Å². The van der Waals surface area contributed by atoms with Crippen molar-refractivity contribution >= 4 is 11.9 Å². The number of likely N-dealkylation sites (tertiary alicyclic amines) is 1. The highest BCUT2D eigenvalue weighted by molar-refractivity contribution is 5.79. The van der Waals surface area contributed by atoms with Crippen LogP contribution in [-0.2, 0) is 16.0 Å². The molecule has 0 radical (unpaired) electrons. The van der Waals surface area contributed by atoms with E-state index in [1.807, 2.05) is 0 Å². The van der Waals surface area contributed by atoms with Gasteiger partial charge in [0.15, 0.2) is 5.82 Å². The number of aliphatic carboxylic acids is 1. The predicted octanol–water partition coefficient (Wildman–Crippen LogP) is 2.48. The number of benzene rings is 1. The Morgan fingerprint density at radius 3 is 2.71 bits per heavy atom. The molecule has 9 heteroatoms. The number of hydrogen-bond donors (Lipinski definition) is 1. The van der Waals surface area contributed by atoms with Crippen molar-refractivity contribution in [2.24, 2.45) is 5.92 Å². The Balaban J connectivity index is 1.42. The second-order valence-corrected chi connectivity index (χ2v) is 7.34. The van der Waals surface area contributed by atoms with E-state index in [4.69, 9.17) is 4.52 Å². The van der Waals surface area contributed by atoms with E-state index in [2.05, 4.69) is 10.1 Å². The number of carbonyl (C=O) groups is 2. The largest absolute Gasteiger partial charge is 0.481 e. The quantitative estimate of drug-likeness (QED) is 0.813. The Kier molecular flexibility index (Phi) is 4.82. The molecule has 1 N–H and O–H groups in total. The van der Waals surface area contributed by atoms with Crippen LogP contribution in [0.1, 0.15) is 48.4 Å². The molecule has 2 fully saturated rings. The highest BCUT2D eigenvalue weighted by Crippen LogP contribution is 2.38. The molecule has 1 aliphatic carbocycles. The average Bonchev–Trinajstić information content (AvgIpc) is 3.22. The Morgan fingerprint density at radius 2 is 2.04 bits per heavy atom. The van der Waals surface area contributed by atoms with Gasteiger partial charge in [0.05, 0.1) is 5.92 Å². The summed E-state index contributed by atoms with van der Waals surface area (Å²) in [5.74, 6) is -3.19. The van der Waals surface area contributed by atoms with Gasteiger partial charge >= 0.3 is 5.97 Å². The summed E-state index contributed by atoms with van der Waals surface area (Å²) in [5.41, 5.74) is 0.107. The summed E-state index contributed by atoms with van der Waals surface area (Å²) in [6.45, 7) is 0.0440. The number of hydrogen-bond acceptors (Lipinski definition) is 5. The molecular weight excluding hydrogens is 372 g/mol. The minimum atomic E-state index is -1.12. The number of amides is 1. The van der Waals surface area contributed by atoms with Gasteiger partial charge in [0.2, 0.25) is 11.8 Å². The highest BCUT2D eigenvalue weighted by atomic mass is 19.1. The molecule has 4 rings (SSSR count). The van der Waals surface area contributed by atoms with Gasteiger partial charge in [-0.3, -0.25) is 9.59 Å². The zero-order valence-electron chi connectivity index (χ0n) is 15.0. The van der Waals surface area contributed by atoms with Crippen LogP contribution in [0.3, 0.4) is 0 Å². The first kappa shape index (κ1) is 18.5. The van der Waals surface area contributed by atoms with Gasteiger partial charge in [-0.1, -0.05) is 11.2 Å². The minimum absolute atomic E-state index is 0.0210. The van der Waals surface area contributed by atoms with Crippen molar-refractivity contribution in [3.05, 3.63) is 47.1 Å². The standard InChI is InChI=1S/C19H19F2N3O4/c20-11-3-4-12(15(21)7-11)13-8-24(9-14(13)19(26)27)17(25)6-5-16-22-18(23-28-16)10-1-2-10/h3-4,7,10,13-14H,1-2,5-6,8-9H2,(H,26,27)/t13-,14+/m1/s1. The van der Waals surface area contributed by atoms with E-state index in [0.717, 1.165) is 25.0 Å². The van der Waals surface area contributed by atoms with Crippen LogP contribution in [0.4, 0.5) is 8.78 Å².